The molecule has 0 aliphatic carbocycles. The molecule has 0 saturated heterocycles. The molecule has 2 aliphatic rings. The van der Waals surface area contributed by atoms with Gasteiger partial charge in [0.1, 0.15) is 10.3 Å². The highest BCUT2D eigenvalue weighted by Crippen LogP contribution is 2.36. The van der Waals surface area contributed by atoms with Gasteiger partial charge in [0, 0.05) is 12.1 Å². The second-order valence-electron chi connectivity index (χ2n) is 10.9. The number of carbonyl (C=O) groups excluding carboxylic acids is 2. The fourth-order valence-electron chi connectivity index (χ4n) is 5.61. The topological polar surface area (TPSA) is 90.2 Å². The molecule has 0 N–H and O–H groups in total. The van der Waals surface area contributed by atoms with Gasteiger partial charge >= 0.3 is 5.97 Å². The van der Waals surface area contributed by atoms with E-state index in [4.69, 9.17) is 14.5 Å². The number of anilines is 1. The quantitative estimate of drug-likeness (QED) is 0.249. The number of unbranched alkanes of at least 4 members (excludes halogenated alkanes) is 4. The average molecular weight is 588 g/mol. The Morgan fingerprint density at radius 3 is 2.43 bits per heavy atom. The van der Waals surface area contributed by atoms with E-state index in [1.165, 1.54) is 22.3 Å². The Morgan fingerprint density at radius 1 is 1.02 bits per heavy atom. The molecule has 8 nitrogen and oxygen atoms in total. The van der Waals surface area contributed by atoms with E-state index in [9.17, 15) is 14.4 Å². The predicted molar refractivity (Wildman–Crippen MR) is 164 cm³/mol. The fourth-order valence-corrected chi connectivity index (χ4v) is 6.74. The van der Waals surface area contributed by atoms with Crippen LogP contribution in [0.2, 0.25) is 0 Å². The van der Waals surface area contributed by atoms with Gasteiger partial charge < -0.3 is 14.4 Å². The first kappa shape index (κ1) is 29.5. The second-order valence-corrected chi connectivity index (χ2v) is 11.9. The Hall–Kier alpha value is -3.98. The van der Waals surface area contributed by atoms with Crippen molar-refractivity contribution in [2.45, 2.75) is 71.9 Å². The highest BCUT2D eigenvalue weighted by Gasteiger charge is 2.37. The number of esters is 1. The van der Waals surface area contributed by atoms with Crippen LogP contribution in [0.3, 0.4) is 0 Å². The number of benzene rings is 2. The fraction of sp³-hybridized carbons (Fsp3) is 0.394. The Morgan fingerprint density at radius 2 is 1.74 bits per heavy atom. The molecule has 3 aromatic rings. The van der Waals surface area contributed by atoms with Crippen molar-refractivity contribution in [3.8, 4) is 5.75 Å². The maximum absolute atomic E-state index is 14.3. The summed E-state index contributed by atoms with van der Waals surface area (Å²) in [6.07, 6.45) is 5.07. The molecular weight excluding hydrogens is 550 g/mol. The summed E-state index contributed by atoms with van der Waals surface area (Å²) in [5.41, 5.74) is 3.09. The minimum absolute atomic E-state index is 0.173. The number of hydrogen-bond acceptors (Lipinski definition) is 7. The van der Waals surface area contributed by atoms with Gasteiger partial charge in [-0.25, -0.2) is 9.79 Å². The van der Waals surface area contributed by atoms with Gasteiger partial charge in [-0.15, -0.1) is 0 Å². The van der Waals surface area contributed by atoms with Crippen LogP contribution in [-0.2, 0) is 14.3 Å². The summed E-state index contributed by atoms with van der Waals surface area (Å²) in [5.74, 6) is -0.0435. The van der Waals surface area contributed by atoms with Crippen molar-refractivity contribution in [1.82, 2.24) is 4.57 Å². The summed E-state index contributed by atoms with van der Waals surface area (Å²) in [6, 6.07) is 14.1. The summed E-state index contributed by atoms with van der Waals surface area (Å²) in [7, 11) is 1.58. The van der Waals surface area contributed by atoms with Gasteiger partial charge in [-0.3, -0.25) is 14.2 Å². The first-order chi connectivity index (χ1) is 20.3. The first-order valence-corrected chi connectivity index (χ1v) is 15.4. The lowest BCUT2D eigenvalue weighted by atomic mass is 9.95. The molecular formula is C33H37N3O5S. The van der Waals surface area contributed by atoms with E-state index < -0.39 is 12.0 Å². The van der Waals surface area contributed by atoms with Crippen LogP contribution in [0, 0.1) is 0 Å². The summed E-state index contributed by atoms with van der Waals surface area (Å²) < 4.78 is 12.8. The molecule has 9 heteroatoms. The van der Waals surface area contributed by atoms with Crippen LogP contribution in [-0.4, -0.2) is 36.2 Å². The number of para-hydroxylation sites is 1. The minimum Gasteiger partial charge on any atom is -0.497 e. The molecule has 220 valence electrons. The van der Waals surface area contributed by atoms with Crippen molar-refractivity contribution in [2.24, 2.45) is 4.99 Å². The molecule has 2 aromatic carbocycles. The van der Waals surface area contributed by atoms with E-state index >= 15 is 0 Å². The average Bonchev–Trinajstić information content (AvgIpc) is 3.43. The highest BCUT2D eigenvalue weighted by molar-refractivity contribution is 7.07. The largest absolute Gasteiger partial charge is 0.497 e. The highest BCUT2D eigenvalue weighted by atomic mass is 32.1. The molecule has 0 radical (unpaired) electrons. The molecule has 42 heavy (non-hydrogen) atoms. The third-order valence-corrected chi connectivity index (χ3v) is 8.68. The number of fused-ring (bicyclic) bond motifs is 2. The maximum Gasteiger partial charge on any atom is 0.338 e. The van der Waals surface area contributed by atoms with Gasteiger partial charge in [0.25, 0.3) is 11.5 Å². The van der Waals surface area contributed by atoms with Crippen molar-refractivity contribution < 1.29 is 19.1 Å². The zero-order valence-corrected chi connectivity index (χ0v) is 25.6. The lowest BCUT2D eigenvalue weighted by molar-refractivity contribution is -0.143. The van der Waals surface area contributed by atoms with E-state index in [0.717, 1.165) is 36.9 Å². The standard InChI is InChI=1S/C33H37N3O5S/c1-6-7-8-9-12-19-35-25-14-11-10-13-24(25)27(30(35)37)29-31(38)36-28(22-15-17-23(40-5)18-16-22)26(32(39)41-20(2)3)21(4)34-33(36)42-29/h10-11,13-18,20,28H,6-9,12,19H2,1-5H3/b29-27-. The Kier molecular flexibility index (Phi) is 8.77. The van der Waals surface area contributed by atoms with Crippen LogP contribution in [0.1, 0.15) is 77.0 Å². The molecule has 1 amide bonds. The van der Waals surface area contributed by atoms with Crippen molar-refractivity contribution in [3.05, 3.63) is 90.6 Å². The molecule has 1 unspecified atom stereocenters. The summed E-state index contributed by atoms with van der Waals surface area (Å²) >= 11 is 1.19. The number of rotatable bonds is 10. The molecule has 0 spiro atoms. The third-order valence-electron chi connectivity index (χ3n) is 7.63. The molecule has 0 fully saturated rings. The monoisotopic (exact) mass is 587 g/mol. The van der Waals surface area contributed by atoms with E-state index in [0.29, 0.717) is 44.0 Å². The predicted octanol–water partition coefficient (Wildman–Crippen LogP) is 4.88. The number of carbonyl (C=O) groups is 2. The second kappa shape index (κ2) is 12.5. The van der Waals surface area contributed by atoms with E-state index in [1.54, 1.807) is 44.9 Å². The van der Waals surface area contributed by atoms with E-state index in [1.807, 2.05) is 36.4 Å². The van der Waals surface area contributed by atoms with Crippen molar-refractivity contribution in [2.75, 3.05) is 18.6 Å². The number of methoxy groups -OCH3 is 1. The van der Waals surface area contributed by atoms with E-state index in [-0.39, 0.29) is 17.6 Å². The number of ether oxygens (including phenoxy) is 2. The van der Waals surface area contributed by atoms with Gasteiger partial charge in [-0.2, -0.15) is 0 Å². The van der Waals surface area contributed by atoms with Crippen LogP contribution in [0.25, 0.3) is 5.57 Å². The number of amides is 1. The molecule has 1 atom stereocenters. The summed E-state index contributed by atoms with van der Waals surface area (Å²) in [5, 5.41) is 0. The van der Waals surface area contributed by atoms with Crippen LogP contribution in [0.15, 0.2) is 69.6 Å². The van der Waals surface area contributed by atoms with Gasteiger partial charge in [-0.1, -0.05) is 74.3 Å². The van der Waals surface area contributed by atoms with Crippen molar-refractivity contribution >= 4 is 34.5 Å². The van der Waals surface area contributed by atoms with Crippen LogP contribution in [0.5, 0.6) is 5.75 Å². The number of hydrogen-bond donors (Lipinski definition) is 0. The SMILES string of the molecule is CCCCCCCN1C(=O)/C(=c2\sc3n(c2=O)C(c2ccc(OC)cc2)C(C(=O)OC(C)C)=C(C)N=3)c2ccccc21. The van der Waals surface area contributed by atoms with Crippen LogP contribution >= 0.6 is 11.3 Å². The molecule has 2 aliphatic heterocycles. The van der Waals surface area contributed by atoms with Crippen LogP contribution in [0.4, 0.5) is 5.69 Å². The van der Waals surface area contributed by atoms with Crippen LogP contribution < -0.4 is 24.5 Å². The smallest absolute Gasteiger partial charge is 0.338 e. The lowest BCUT2D eigenvalue weighted by Crippen LogP contribution is -2.41. The normalized spacial score (nSPS) is 17.3. The zero-order valence-electron chi connectivity index (χ0n) is 24.8. The first-order valence-electron chi connectivity index (χ1n) is 14.6. The number of aromatic nitrogens is 1. The lowest BCUT2D eigenvalue weighted by Gasteiger charge is -2.25. The maximum atomic E-state index is 14.3. The minimum atomic E-state index is -0.769. The molecule has 0 bridgehead atoms. The molecule has 1 aromatic heterocycles. The van der Waals surface area contributed by atoms with Crippen molar-refractivity contribution in [3.63, 3.8) is 0 Å². The molecule has 5 rings (SSSR count). The van der Waals surface area contributed by atoms with Crippen molar-refractivity contribution in [1.29, 1.82) is 0 Å². The van der Waals surface area contributed by atoms with E-state index in [2.05, 4.69) is 6.92 Å². The van der Waals surface area contributed by atoms with Gasteiger partial charge in [-0.05, 0) is 51.0 Å². The van der Waals surface area contributed by atoms with Gasteiger partial charge in [0.05, 0.1) is 41.8 Å². The Labute approximate surface area is 249 Å². The van der Waals surface area contributed by atoms with Gasteiger partial charge in [0.2, 0.25) is 0 Å². The number of allylic oxidation sites excluding steroid dienone is 1. The number of thiazole rings is 1. The summed E-state index contributed by atoms with van der Waals surface area (Å²) in [4.78, 5) is 48.6. The number of nitrogens with zero attached hydrogens (tertiary/aromatic N) is 3. The Balaban J connectivity index is 1.67. The summed E-state index contributed by atoms with van der Waals surface area (Å²) in [6.45, 7) is 8.10. The molecule has 0 saturated carbocycles. The van der Waals surface area contributed by atoms with Gasteiger partial charge in [0.15, 0.2) is 4.80 Å². The third kappa shape index (κ3) is 5.45. The zero-order chi connectivity index (χ0) is 30.0. The Bertz CT molecular complexity index is 1720. The molecule has 3 heterocycles.